The largest absolute Gasteiger partial charge is 0.496 e. The number of nitrogens with zero attached hydrogens (tertiary/aromatic N) is 3. The Balaban J connectivity index is 1.93. The fourth-order valence-electron chi connectivity index (χ4n) is 4.41. The summed E-state index contributed by atoms with van der Waals surface area (Å²) >= 11 is 1.61. The summed E-state index contributed by atoms with van der Waals surface area (Å²) in [7, 11) is 5.59. The summed E-state index contributed by atoms with van der Waals surface area (Å²) in [5, 5.41) is 0.922. The third-order valence-electron chi connectivity index (χ3n) is 6.17. The quantitative estimate of drug-likeness (QED) is 0.476. The number of carbonyl (C=O) groups excluding carboxylic acids is 1. The molecule has 0 spiro atoms. The van der Waals surface area contributed by atoms with Crippen LogP contribution in [0.3, 0.4) is 0 Å². The molecule has 1 aliphatic heterocycles. The van der Waals surface area contributed by atoms with Crippen molar-refractivity contribution in [2.45, 2.75) is 40.2 Å². The van der Waals surface area contributed by atoms with E-state index in [2.05, 4.69) is 36.4 Å². The third kappa shape index (κ3) is 4.22. The van der Waals surface area contributed by atoms with E-state index < -0.39 is 5.97 Å². The number of fused-ring (bicyclic) bond motifs is 3. The van der Waals surface area contributed by atoms with Gasteiger partial charge in [0.05, 0.1) is 24.3 Å². The molecule has 0 bridgehead atoms. The fourth-order valence-corrected chi connectivity index (χ4v) is 5.26. The zero-order chi connectivity index (χ0) is 24.8. The summed E-state index contributed by atoms with van der Waals surface area (Å²) in [5.74, 6) is 0.131. The topological polar surface area (TPSA) is 73.7 Å². The van der Waals surface area contributed by atoms with Crippen molar-refractivity contribution >= 4 is 22.4 Å². The molecule has 3 heterocycles. The minimum atomic E-state index is -0.587. The third-order valence-corrected chi connectivity index (χ3v) is 7.36. The second-order valence-corrected chi connectivity index (χ2v) is 10.8. The molecule has 34 heavy (non-hydrogen) atoms. The number of esters is 1. The normalized spacial score (nSPS) is 14.9. The van der Waals surface area contributed by atoms with Gasteiger partial charge in [0.25, 0.3) is 0 Å². The van der Waals surface area contributed by atoms with E-state index in [1.165, 1.54) is 0 Å². The lowest BCUT2D eigenvalue weighted by Crippen LogP contribution is -2.33. The molecule has 1 aromatic carbocycles. The molecule has 3 aromatic rings. The van der Waals surface area contributed by atoms with Crippen LogP contribution >= 0.6 is 11.3 Å². The van der Waals surface area contributed by atoms with Gasteiger partial charge >= 0.3 is 5.97 Å². The van der Waals surface area contributed by atoms with Crippen LogP contribution in [0.25, 0.3) is 21.7 Å². The number of anilines is 1. The van der Waals surface area contributed by atoms with Crippen LogP contribution in [0.4, 0.5) is 5.13 Å². The van der Waals surface area contributed by atoms with E-state index in [0.717, 1.165) is 44.6 Å². The van der Waals surface area contributed by atoms with Crippen LogP contribution in [-0.4, -0.2) is 43.3 Å². The number of ether oxygens (including phenoxy) is 2. The lowest BCUT2D eigenvalue weighted by Gasteiger charge is -2.39. The zero-order valence-electron chi connectivity index (χ0n) is 20.8. The zero-order valence-corrected chi connectivity index (χ0v) is 21.6. The number of thiazole rings is 1. The van der Waals surface area contributed by atoms with E-state index in [0.29, 0.717) is 0 Å². The van der Waals surface area contributed by atoms with Crippen LogP contribution < -0.4 is 15.1 Å². The Labute approximate surface area is 204 Å². The van der Waals surface area contributed by atoms with Crippen molar-refractivity contribution in [3.63, 3.8) is 0 Å². The number of aromatic nitrogens is 2. The molecule has 1 unspecified atom stereocenters. The van der Waals surface area contributed by atoms with Crippen molar-refractivity contribution in [1.82, 2.24) is 9.55 Å². The van der Waals surface area contributed by atoms with Crippen molar-refractivity contribution in [2.75, 3.05) is 32.7 Å². The summed E-state index contributed by atoms with van der Waals surface area (Å²) in [6.07, 6.45) is 4.30. The number of pyridine rings is 1. The van der Waals surface area contributed by atoms with Crippen LogP contribution in [0.1, 0.15) is 49.7 Å². The van der Waals surface area contributed by atoms with Crippen LogP contribution in [-0.2, 0) is 11.2 Å². The van der Waals surface area contributed by atoms with E-state index in [-0.39, 0.29) is 29.1 Å². The van der Waals surface area contributed by atoms with Crippen molar-refractivity contribution in [3.8, 4) is 27.4 Å². The maximum Gasteiger partial charge on any atom is 0.343 e. The molecule has 0 aliphatic carbocycles. The summed E-state index contributed by atoms with van der Waals surface area (Å²) in [5.41, 5.74) is 3.44. The fraction of sp³-hybridized carbons (Fsp3) is 0.423. The summed E-state index contributed by atoms with van der Waals surface area (Å²) in [4.78, 5) is 32.9. The van der Waals surface area contributed by atoms with Crippen LogP contribution in [0, 0.1) is 5.41 Å². The summed E-state index contributed by atoms with van der Waals surface area (Å²) < 4.78 is 13.0. The molecule has 0 N–H and O–H groups in total. The first-order valence-corrected chi connectivity index (χ1v) is 12.1. The van der Waals surface area contributed by atoms with E-state index in [1.54, 1.807) is 37.6 Å². The summed E-state index contributed by atoms with van der Waals surface area (Å²) in [6.45, 7) is 8.47. The molecular weight excluding hydrogens is 450 g/mol. The minimum Gasteiger partial charge on any atom is -0.496 e. The highest BCUT2D eigenvalue weighted by Crippen LogP contribution is 2.46. The highest BCUT2D eigenvalue weighted by atomic mass is 32.1. The van der Waals surface area contributed by atoms with E-state index in [1.807, 2.05) is 31.3 Å². The Hall–Kier alpha value is -3.13. The smallest absolute Gasteiger partial charge is 0.343 e. The number of methoxy groups -OCH3 is 1. The average Bonchev–Trinajstić information content (AvgIpc) is 3.27. The van der Waals surface area contributed by atoms with Crippen LogP contribution in [0.5, 0.6) is 5.75 Å². The summed E-state index contributed by atoms with van der Waals surface area (Å²) in [6, 6.07) is 5.75. The lowest BCUT2D eigenvalue weighted by atomic mass is 9.78. The predicted octanol–water partition coefficient (Wildman–Crippen LogP) is 5.03. The molecule has 1 aliphatic rings. The Kier molecular flexibility index (Phi) is 6.29. The van der Waals surface area contributed by atoms with Crippen molar-refractivity contribution < 1.29 is 14.3 Å². The monoisotopic (exact) mass is 481 g/mol. The highest BCUT2D eigenvalue weighted by molar-refractivity contribution is 7.18. The van der Waals surface area contributed by atoms with Gasteiger partial charge in [0, 0.05) is 49.7 Å². The van der Waals surface area contributed by atoms with E-state index in [9.17, 15) is 9.59 Å². The Morgan fingerprint density at radius 3 is 2.56 bits per heavy atom. The van der Waals surface area contributed by atoms with E-state index in [4.69, 9.17) is 9.47 Å². The molecule has 0 radical (unpaired) electrons. The minimum absolute atomic E-state index is 0.0452. The lowest BCUT2D eigenvalue weighted by molar-refractivity contribution is 0.0523. The molecular formula is C26H31N3O4S. The number of hydrogen-bond acceptors (Lipinski definition) is 7. The molecule has 1 atom stereocenters. The standard InChI is InChI=1S/C26H31N3O4S/c1-8-33-24(31)18-14-29-19(12-20(18)30)16-11-21(32-7)17(22-13-27-25(34-22)28(5)6)9-15(16)10-23(29)26(2,3)4/h9,11-14,23H,8,10H2,1-7H3. The average molecular weight is 482 g/mol. The first kappa shape index (κ1) is 24.0. The molecule has 0 fully saturated rings. The second-order valence-electron chi connectivity index (χ2n) is 9.76. The number of carbonyl (C=O) groups is 1. The Morgan fingerprint density at radius 2 is 1.97 bits per heavy atom. The van der Waals surface area contributed by atoms with Crippen molar-refractivity contribution in [2.24, 2.45) is 5.41 Å². The molecule has 8 heteroatoms. The maximum atomic E-state index is 12.9. The highest BCUT2D eigenvalue weighted by Gasteiger charge is 2.34. The van der Waals surface area contributed by atoms with Gasteiger partial charge < -0.3 is 18.9 Å². The Morgan fingerprint density at radius 1 is 1.24 bits per heavy atom. The maximum absolute atomic E-state index is 12.9. The second kappa shape index (κ2) is 8.91. The molecule has 0 saturated carbocycles. The van der Waals surface area contributed by atoms with Gasteiger partial charge in [0.2, 0.25) is 0 Å². The van der Waals surface area contributed by atoms with Gasteiger partial charge in [-0.3, -0.25) is 4.79 Å². The van der Waals surface area contributed by atoms with Gasteiger partial charge in [0.15, 0.2) is 10.6 Å². The van der Waals surface area contributed by atoms with Crippen molar-refractivity contribution in [1.29, 1.82) is 0 Å². The number of rotatable bonds is 5. The first-order chi connectivity index (χ1) is 16.0. The molecule has 2 aromatic heterocycles. The molecule has 180 valence electrons. The van der Waals surface area contributed by atoms with Crippen LogP contribution in [0.2, 0.25) is 0 Å². The first-order valence-electron chi connectivity index (χ1n) is 11.3. The van der Waals surface area contributed by atoms with Gasteiger partial charge in [-0.05, 0) is 36.5 Å². The number of hydrogen-bond donors (Lipinski definition) is 0. The van der Waals surface area contributed by atoms with Gasteiger partial charge in [-0.2, -0.15) is 0 Å². The number of benzene rings is 1. The van der Waals surface area contributed by atoms with Gasteiger partial charge in [-0.1, -0.05) is 32.1 Å². The van der Waals surface area contributed by atoms with E-state index >= 15 is 0 Å². The molecule has 0 saturated heterocycles. The van der Waals surface area contributed by atoms with Crippen LogP contribution in [0.15, 0.2) is 35.4 Å². The van der Waals surface area contributed by atoms with Gasteiger partial charge in [0.1, 0.15) is 11.3 Å². The van der Waals surface area contributed by atoms with Gasteiger partial charge in [-0.25, -0.2) is 9.78 Å². The van der Waals surface area contributed by atoms with Crippen molar-refractivity contribution in [3.05, 3.63) is 51.9 Å². The Bertz CT molecular complexity index is 1300. The van der Waals surface area contributed by atoms with Gasteiger partial charge in [-0.15, -0.1) is 0 Å². The SMILES string of the molecule is CCOC(=O)c1cn2c(cc1=O)-c1cc(OC)c(-c3cnc(N(C)C)s3)cc1CC2C(C)(C)C. The molecule has 4 rings (SSSR count). The molecule has 7 nitrogen and oxygen atoms in total. The molecule has 0 amide bonds. The predicted molar refractivity (Wildman–Crippen MR) is 136 cm³/mol.